The van der Waals surface area contributed by atoms with Crippen LogP contribution in [-0.2, 0) is 0 Å². The van der Waals surface area contributed by atoms with Crippen LogP contribution in [0.1, 0.15) is 16.8 Å². The third kappa shape index (κ3) is 4.61. The molecule has 0 fully saturated rings. The summed E-state index contributed by atoms with van der Waals surface area (Å²) in [6.45, 7) is 1.37. The Hall–Kier alpha value is -2.51. The second-order valence-electron chi connectivity index (χ2n) is 6.45. The molecule has 3 rings (SSSR count). The van der Waals surface area contributed by atoms with E-state index < -0.39 is 0 Å². The Balaban J connectivity index is 1.94. The van der Waals surface area contributed by atoms with Crippen molar-refractivity contribution in [2.45, 2.75) is 6.42 Å². The van der Waals surface area contributed by atoms with E-state index in [2.05, 4.69) is 9.88 Å². The van der Waals surface area contributed by atoms with Crippen LogP contribution in [0, 0.1) is 5.82 Å². The number of amides is 1. The summed E-state index contributed by atoms with van der Waals surface area (Å²) in [4.78, 5) is 21.5. The number of hydrogen-bond donors (Lipinski definition) is 0. The van der Waals surface area contributed by atoms with Gasteiger partial charge in [0.05, 0.1) is 17.3 Å². The smallest absolute Gasteiger partial charge is 0.260 e. The van der Waals surface area contributed by atoms with Crippen LogP contribution in [0.3, 0.4) is 0 Å². The topological polar surface area (TPSA) is 45.7 Å². The highest BCUT2D eigenvalue weighted by Gasteiger charge is 2.21. The molecule has 0 aliphatic carbocycles. The quantitative estimate of drug-likeness (QED) is 0.614. The Kier molecular flexibility index (Phi) is 6.03. The van der Waals surface area contributed by atoms with E-state index in [-0.39, 0.29) is 11.7 Å². The van der Waals surface area contributed by atoms with Crippen molar-refractivity contribution in [1.82, 2.24) is 9.88 Å². The second-order valence-corrected chi connectivity index (χ2v) is 7.46. The van der Waals surface area contributed by atoms with Gasteiger partial charge < -0.3 is 9.64 Å². The third-order valence-corrected chi connectivity index (χ3v) is 5.16. The molecular formula is C20H22FN3O2S. The maximum atomic E-state index is 13.5. The van der Waals surface area contributed by atoms with Gasteiger partial charge in [0.15, 0.2) is 5.13 Å². The SMILES string of the molecule is COc1cccc(C(=O)N(CCCN(C)C)c2nc3ccc(F)cc3s2)c1. The van der Waals surface area contributed by atoms with E-state index in [4.69, 9.17) is 4.74 Å². The first kappa shape index (κ1) is 19.3. The number of nitrogens with zero attached hydrogens (tertiary/aromatic N) is 3. The molecule has 0 aliphatic rings. The molecule has 5 nitrogen and oxygen atoms in total. The first-order chi connectivity index (χ1) is 13.0. The number of thiazole rings is 1. The number of fused-ring (bicyclic) bond motifs is 1. The van der Waals surface area contributed by atoms with Gasteiger partial charge >= 0.3 is 0 Å². The molecule has 1 aromatic heterocycles. The maximum absolute atomic E-state index is 13.5. The van der Waals surface area contributed by atoms with Gasteiger partial charge in [0.1, 0.15) is 11.6 Å². The molecule has 3 aromatic rings. The molecule has 0 bridgehead atoms. The van der Waals surface area contributed by atoms with Crippen LogP contribution < -0.4 is 9.64 Å². The van der Waals surface area contributed by atoms with Crippen LogP contribution in [0.5, 0.6) is 5.75 Å². The molecule has 1 heterocycles. The van der Waals surface area contributed by atoms with Gasteiger partial charge in [0.25, 0.3) is 5.91 Å². The Morgan fingerprint density at radius 3 is 2.74 bits per heavy atom. The minimum atomic E-state index is -0.309. The zero-order valence-corrected chi connectivity index (χ0v) is 16.4. The molecule has 27 heavy (non-hydrogen) atoms. The van der Waals surface area contributed by atoms with E-state index in [0.717, 1.165) is 17.7 Å². The van der Waals surface area contributed by atoms with Gasteiger partial charge in [0, 0.05) is 12.1 Å². The first-order valence-electron chi connectivity index (χ1n) is 8.64. The van der Waals surface area contributed by atoms with Crippen LogP contribution >= 0.6 is 11.3 Å². The Labute approximate surface area is 162 Å². The van der Waals surface area contributed by atoms with Gasteiger partial charge in [-0.15, -0.1) is 0 Å². The first-order valence-corrected chi connectivity index (χ1v) is 9.46. The molecule has 7 heteroatoms. The summed E-state index contributed by atoms with van der Waals surface area (Å²) in [6, 6.07) is 11.5. The number of rotatable bonds is 7. The molecular weight excluding hydrogens is 365 g/mol. The molecule has 0 atom stereocenters. The molecule has 1 amide bonds. The van der Waals surface area contributed by atoms with Gasteiger partial charge in [0.2, 0.25) is 0 Å². The normalized spacial score (nSPS) is 11.1. The third-order valence-electron chi connectivity index (χ3n) is 4.12. The summed E-state index contributed by atoms with van der Waals surface area (Å²) in [7, 11) is 5.56. The zero-order valence-electron chi connectivity index (χ0n) is 15.6. The van der Waals surface area contributed by atoms with Gasteiger partial charge in [-0.3, -0.25) is 9.69 Å². The van der Waals surface area contributed by atoms with Crippen LogP contribution in [-0.4, -0.2) is 50.1 Å². The van der Waals surface area contributed by atoms with Gasteiger partial charge in [-0.2, -0.15) is 0 Å². The number of hydrogen-bond acceptors (Lipinski definition) is 5. The molecule has 2 aromatic carbocycles. The molecule has 0 saturated carbocycles. The lowest BCUT2D eigenvalue weighted by molar-refractivity contribution is 0.0985. The predicted molar refractivity (Wildman–Crippen MR) is 107 cm³/mol. The fourth-order valence-corrected chi connectivity index (χ4v) is 3.76. The van der Waals surface area contributed by atoms with Crippen molar-refractivity contribution in [3.05, 3.63) is 53.8 Å². The minimum absolute atomic E-state index is 0.146. The van der Waals surface area contributed by atoms with Crippen LogP contribution in [0.2, 0.25) is 0 Å². The number of methoxy groups -OCH3 is 1. The zero-order chi connectivity index (χ0) is 19.4. The van der Waals surface area contributed by atoms with Crippen molar-refractivity contribution in [2.24, 2.45) is 0 Å². The van der Waals surface area contributed by atoms with Crippen LogP contribution in [0.4, 0.5) is 9.52 Å². The average molecular weight is 387 g/mol. The van der Waals surface area contributed by atoms with E-state index >= 15 is 0 Å². The van der Waals surface area contributed by atoms with Gasteiger partial charge in [-0.05, 0) is 63.5 Å². The number of carbonyl (C=O) groups is 1. The Bertz CT molecular complexity index is 942. The molecule has 0 spiro atoms. The van der Waals surface area contributed by atoms with Crippen molar-refractivity contribution in [3.63, 3.8) is 0 Å². The van der Waals surface area contributed by atoms with Gasteiger partial charge in [-0.1, -0.05) is 17.4 Å². The molecule has 142 valence electrons. The van der Waals surface area contributed by atoms with Crippen molar-refractivity contribution in [3.8, 4) is 5.75 Å². The van der Waals surface area contributed by atoms with Crippen LogP contribution in [0.15, 0.2) is 42.5 Å². The minimum Gasteiger partial charge on any atom is -0.497 e. The van der Waals surface area contributed by atoms with Gasteiger partial charge in [-0.25, -0.2) is 9.37 Å². The summed E-state index contributed by atoms with van der Waals surface area (Å²) < 4.78 is 19.5. The number of ether oxygens (including phenoxy) is 1. The highest BCUT2D eigenvalue weighted by Crippen LogP contribution is 2.30. The van der Waals surface area contributed by atoms with E-state index in [1.54, 1.807) is 42.3 Å². The number of carbonyl (C=O) groups excluding carboxylic acids is 1. The Morgan fingerprint density at radius 1 is 1.19 bits per heavy atom. The van der Waals surface area contributed by atoms with Crippen molar-refractivity contribution in [2.75, 3.05) is 39.2 Å². The predicted octanol–water partition coefficient (Wildman–Crippen LogP) is 4.04. The average Bonchev–Trinajstić information content (AvgIpc) is 3.07. The van der Waals surface area contributed by atoms with Crippen molar-refractivity contribution < 1.29 is 13.9 Å². The molecule has 0 radical (unpaired) electrons. The molecule has 0 N–H and O–H groups in total. The highest BCUT2D eigenvalue weighted by molar-refractivity contribution is 7.22. The summed E-state index contributed by atoms with van der Waals surface area (Å²) in [5, 5.41) is 0.571. The number of halogens is 1. The summed E-state index contributed by atoms with van der Waals surface area (Å²) in [5.41, 5.74) is 1.22. The summed E-state index contributed by atoms with van der Waals surface area (Å²) in [6.07, 6.45) is 0.799. The van der Waals surface area contributed by atoms with Crippen molar-refractivity contribution in [1.29, 1.82) is 0 Å². The molecule has 0 unspecified atom stereocenters. The van der Waals surface area contributed by atoms with E-state index in [1.807, 2.05) is 14.1 Å². The standard InChI is InChI=1S/C20H22FN3O2S/c1-23(2)10-5-11-24(19(25)14-6-4-7-16(12-14)26-3)20-22-17-9-8-15(21)13-18(17)27-20/h4,6-9,12-13H,5,10-11H2,1-3H3. The summed E-state index contributed by atoms with van der Waals surface area (Å²) >= 11 is 1.32. The van der Waals surface area contributed by atoms with E-state index in [1.165, 1.54) is 23.5 Å². The lowest BCUT2D eigenvalue weighted by Gasteiger charge is -2.21. The fourth-order valence-electron chi connectivity index (χ4n) is 2.74. The number of anilines is 1. The summed E-state index contributed by atoms with van der Waals surface area (Å²) in [5.74, 6) is 0.170. The fraction of sp³-hybridized carbons (Fsp3) is 0.300. The lowest BCUT2D eigenvalue weighted by Crippen LogP contribution is -2.33. The Morgan fingerprint density at radius 2 is 2.00 bits per heavy atom. The second kappa shape index (κ2) is 8.45. The molecule has 0 aliphatic heterocycles. The number of benzene rings is 2. The van der Waals surface area contributed by atoms with Crippen LogP contribution in [0.25, 0.3) is 10.2 Å². The maximum Gasteiger partial charge on any atom is 0.260 e. The largest absolute Gasteiger partial charge is 0.497 e. The number of aromatic nitrogens is 1. The molecule has 0 saturated heterocycles. The van der Waals surface area contributed by atoms with E-state index in [9.17, 15) is 9.18 Å². The lowest BCUT2D eigenvalue weighted by atomic mass is 10.2. The van der Waals surface area contributed by atoms with E-state index in [0.29, 0.717) is 28.5 Å². The van der Waals surface area contributed by atoms with Crippen molar-refractivity contribution >= 4 is 32.6 Å². The monoisotopic (exact) mass is 387 g/mol. The highest BCUT2D eigenvalue weighted by atomic mass is 32.1.